The number of nitrogens with one attached hydrogen (secondary N) is 1. The van der Waals surface area contributed by atoms with Crippen molar-refractivity contribution in [2.75, 3.05) is 6.54 Å². The van der Waals surface area contributed by atoms with E-state index in [0.717, 1.165) is 16.3 Å². The number of aromatic nitrogens is 1. The number of amides is 3. The van der Waals surface area contributed by atoms with Crippen LogP contribution < -0.4 is 5.32 Å². The summed E-state index contributed by atoms with van der Waals surface area (Å²) in [4.78, 5) is 39.5. The fraction of sp³-hybridized carbons (Fsp3) is 0.421. The second-order valence-electron chi connectivity index (χ2n) is 6.97. The number of urea groups is 1. The Labute approximate surface area is 156 Å². The Balaban J connectivity index is 1.78. The van der Waals surface area contributed by atoms with Crippen LogP contribution in [0, 0.1) is 19.8 Å². The Hall–Kier alpha value is -2.41. The van der Waals surface area contributed by atoms with Crippen molar-refractivity contribution in [3.05, 3.63) is 45.4 Å². The van der Waals surface area contributed by atoms with Crippen LogP contribution >= 0.6 is 11.3 Å². The lowest BCUT2D eigenvalue weighted by molar-refractivity contribution is -0.127. The first-order chi connectivity index (χ1) is 12.3. The molecule has 1 fully saturated rings. The van der Waals surface area contributed by atoms with Crippen molar-refractivity contribution in [3.63, 3.8) is 0 Å². The average Bonchev–Trinajstić information content (AvgIpc) is 3.26. The number of hydrogen-bond acceptors (Lipinski definition) is 4. The summed E-state index contributed by atoms with van der Waals surface area (Å²) in [5.74, 6) is -0.559. The van der Waals surface area contributed by atoms with Crippen molar-refractivity contribution >= 4 is 29.1 Å². The molecule has 1 N–H and O–H groups in total. The van der Waals surface area contributed by atoms with Crippen LogP contribution in [0.4, 0.5) is 4.79 Å². The van der Waals surface area contributed by atoms with Crippen molar-refractivity contribution in [1.82, 2.24) is 14.8 Å². The molecule has 2 aromatic heterocycles. The highest BCUT2D eigenvalue weighted by atomic mass is 32.1. The number of aryl methyl sites for hydroxylation is 1. The van der Waals surface area contributed by atoms with Gasteiger partial charge >= 0.3 is 6.03 Å². The molecule has 6 nitrogen and oxygen atoms in total. The van der Waals surface area contributed by atoms with Gasteiger partial charge in [0, 0.05) is 21.8 Å². The van der Waals surface area contributed by atoms with Gasteiger partial charge in [-0.2, -0.15) is 0 Å². The molecule has 0 aliphatic carbocycles. The molecule has 3 amide bonds. The number of thiophene rings is 1. The smallest absolute Gasteiger partial charge is 0.325 e. The van der Waals surface area contributed by atoms with E-state index in [1.54, 1.807) is 11.3 Å². The van der Waals surface area contributed by atoms with Gasteiger partial charge in [0.05, 0.1) is 13.1 Å². The van der Waals surface area contributed by atoms with Gasteiger partial charge in [-0.05, 0) is 37.3 Å². The van der Waals surface area contributed by atoms with Gasteiger partial charge in [-0.25, -0.2) is 4.79 Å². The van der Waals surface area contributed by atoms with Crippen LogP contribution in [0.5, 0.6) is 0 Å². The van der Waals surface area contributed by atoms with Crippen molar-refractivity contribution < 1.29 is 14.4 Å². The van der Waals surface area contributed by atoms with E-state index in [2.05, 4.69) is 16.0 Å². The number of ketones is 1. The molecule has 138 valence electrons. The summed E-state index contributed by atoms with van der Waals surface area (Å²) in [6.07, 6.45) is 0. The average molecular weight is 373 g/mol. The van der Waals surface area contributed by atoms with Crippen LogP contribution in [0.25, 0.3) is 0 Å². The largest absolute Gasteiger partial charge is 0.343 e. The summed E-state index contributed by atoms with van der Waals surface area (Å²) in [6.45, 7) is 8.08. The molecule has 26 heavy (non-hydrogen) atoms. The quantitative estimate of drug-likeness (QED) is 0.625. The van der Waals surface area contributed by atoms with Gasteiger partial charge in [-0.15, -0.1) is 11.3 Å². The lowest BCUT2D eigenvalue weighted by atomic mass is 10.0. The van der Waals surface area contributed by atoms with E-state index >= 15 is 0 Å². The molecule has 1 saturated heterocycles. The summed E-state index contributed by atoms with van der Waals surface area (Å²) < 4.78 is 2.09. The highest BCUT2D eigenvalue weighted by Crippen LogP contribution is 2.21. The van der Waals surface area contributed by atoms with Crippen molar-refractivity contribution in [2.45, 2.75) is 40.3 Å². The van der Waals surface area contributed by atoms with Gasteiger partial charge in [0.1, 0.15) is 6.04 Å². The van der Waals surface area contributed by atoms with Gasteiger partial charge in [-0.3, -0.25) is 14.5 Å². The number of carbonyl (C=O) groups is 3. The Morgan fingerprint density at radius 3 is 2.62 bits per heavy atom. The number of carbonyl (C=O) groups excluding carboxylic acids is 3. The van der Waals surface area contributed by atoms with Crippen molar-refractivity contribution in [2.24, 2.45) is 5.92 Å². The van der Waals surface area contributed by atoms with E-state index in [-0.39, 0.29) is 24.2 Å². The zero-order valence-electron chi connectivity index (χ0n) is 15.4. The first-order valence-electron chi connectivity index (χ1n) is 8.63. The first-order valence-corrected chi connectivity index (χ1v) is 9.51. The standard InChI is InChI=1S/C19H23N3O3S/c1-11(2)17-18(24)22(19(25)20-17)10-16(23)15-8-12(3)21(13(15)4)9-14-6-5-7-26-14/h5-8,11,17H,9-10H2,1-4H3,(H,20,25). The third-order valence-electron chi connectivity index (χ3n) is 4.79. The molecule has 1 atom stereocenters. The molecule has 3 rings (SSSR count). The Morgan fingerprint density at radius 1 is 1.31 bits per heavy atom. The Morgan fingerprint density at radius 2 is 2.04 bits per heavy atom. The maximum Gasteiger partial charge on any atom is 0.325 e. The van der Waals surface area contributed by atoms with E-state index in [4.69, 9.17) is 0 Å². The third-order valence-corrected chi connectivity index (χ3v) is 5.65. The van der Waals surface area contributed by atoms with Gasteiger partial charge in [-0.1, -0.05) is 19.9 Å². The predicted molar refractivity (Wildman–Crippen MR) is 101 cm³/mol. The van der Waals surface area contributed by atoms with E-state index in [1.165, 1.54) is 4.88 Å². The third kappa shape index (κ3) is 3.31. The first kappa shape index (κ1) is 18.4. The van der Waals surface area contributed by atoms with Gasteiger partial charge in [0.2, 0.25) is 0 Å². The summed E-state index contributed by atoms with van der Waals surface area (Å²) in [5.41, 5.74) is 2.40. The molecule has 0 aromatic carbocycles. The molecule has 1 unspecified atom stereocenters. The number of nitrogens with zero attached hydrogens (tertiary/aromatic N) is 2. The van der Waals surface area contributed by atoms with Gasteiger partial charge in [0.15, 0.2) is 5.78 Å². The maximum atomic E-state index is 12.8. The molecule has 3 heterocycles. The lowest BCUT2D eigenvalue weighted by Crippen LogP contribution is -2.37. The molecular formula is C19H23N3O3S. The number of imide groups is 1. The molecule has 1 aliphatic heterocycles. The highest BCUT2D eigenvalue weighted by molar-refractivity contribution is 7.09. The Bertz CT molecular complexity index is 852. The molecule has 2 aromatic rings. The molecular weight excluding hydrogens is 350 g/mol. The highest BCUT2D eigenvalue weighted by Gasteiger charge is 2.40. The lowest BCUT2D eigenvalue weighted by Gasteiger charge is -2.14. The minimum Gasteiger partial charge on any atom is -0.343 e. The summed E-state index contributed by atoms with van der Waals surface area (Å²) >= 11 is 1.67. The van der Waals surface area contributed by atoms with Crippen LogP contribution in [-0.2, 0) is 11.3 Å². The maximum absolute atomic E-state index is 12.8. The SMILES string of the molecule is Cc1cc(C(=O)CN2C(=O)NC(C(C)C)C2=O)c(C)n1Cc1cccs1. The fourth-order valence-corrected chi connectivity index (χ4v) is 3.95. The van der Waals surface area contributed by atoms with Crippen LogP contribution in [0.1, 0.15) is 40.5 Å². The number of Topliss-reactive ketones (excluding diaryl/α,β-unsaturated/α-hetero) is 1. The summed E-state index contributed by atoms with van der Waals surface area (Å²) in [6, 6.07) is 4.85. The number of rotatable bonds is 6. The molecule has 1 aliphatic rings. The van der Waals surface area contributed by atoms with E-state index in [0.29, 0.717) is 12.1 Å². The van der Waals surface area contributed by atoms with Crippen molar-refractivity contribution in [3.8, 4) is 0 Å². The van der Waals surface area contributed by atoms with Crippen LogP contribution in [-0.4, -0.2) is 39.8 Å². The van der Waals surface area contributed by atoms with E-state index < -0.39 is 12.1 Å². The molecule has 0 saturated carbocycles. The monoisotopic (exact) mass is 373 g/mol. The fourth-order valence-electron chi connectivity index (χ4n) is 3.26. The zero-order valence-corrected chi connectivity index (χ0v) is 16.2. The van der Waals surface area contributed by atoms with Crippen LogP contribution in [0.3, 0.4) is 0 Å². The predicted octanol–water partition coefficient (Wildman–Crippen LogP) is 2.97. The summed E-state index contributed by atoms with van der Waals surface area (Å²) in [7, 11) is 0. The van der Waals surface area contributed by atoms with Gasteiger partial charge < -0.3 is 9.88 Å². The van der Waals surface area contributed by atoms with Crippen LogP contribution in [0.15, 0.2) is 23.6 Å². The summed E-state index contributed by atoms with van der Waals surface area (Å²) in [5, 5.41) is 4.68. The zero-order chi connectivity index (χ0) is 19.0. The van der Waals surface area contributed by atoms with E-state index in [9.17, 15) is 14.4 Å². The van der Waals surface area contributed by atoms with Crippen molar-refractivity contribution in [1.29, 1.82) is 0 Å². The topological polar surface area (TPSA) is 71.4 Å². The normalized spacial score (nSPS) is 17.3. The Kier molecular flexibility index (Phi) is 5.00. The molecule has 0 spiro atoms. The minimum absolute atomic E-state index is 0.0117. The molecule has 0 bridgehead atoms. The number of hydrogen-bond donors (Lipinski definition) is 1. The van der Waals surface area contributed by atoms with Gasteiger partial charge in [0.25, 0.3) is 5.91 Å². The molecule has 7 heteroatoms. The second-order valence-corrected chi connectivity index (χ2v) is 8.00. The molecule has 0 radical (unpaired) electrons. The second kappa shape index (κ2) is 7.07. The van der Waals surface area contributed by atoms with E-state index in [1.807, 2.05) is 45.2 Å². The van der Waals surface area contributed by atoms with Crippen LogP contribution in [0.2, 0.25) is 0 Å². The minimum atomic E-state index is -0.554.